The fraction of sp³-hybridized carbons (Fsp3) is 0.227. The molecule has 0 bridgehead atoms. The fourth-order valence-corrected chi connectivity index (χ4v) is 4.82. The number of hydrogen-bond donors (Lipinski definition) is 2. The Balaban J connectivity index is 1.52. The molecule has 1 atom stereocenters. The van der Waals surface area contributed by atoms with Crippen LogP contribution in [0.2, 0.25) is 10.0 Å². The third-order valence-corrected chi connectivity index (χ3v) is 6.83. The van der Waals surface area contributed by atoms with E-state index in [1.165, 1.54) is 11.3 Å². The van der Waals surface area contributed by atoms with Gasteiger partial charge in [0, 0.05) is 26.2 Å². The van der Waals surface area contributed by atoms with Crippen LogP contribution in [-0.2, 0) is 11.2 Å². The summed E-state index contributed by atoms with van der Waals surface area (Å²) < 4.78 is 0. The molecule has 8 heteroatoms. The molecule has 0 radical (unpaired) electrons. The van der Waals surface area contributed by atoms with Gasteiger partial charge in [-0.3, -0.25) is 14.9 Å². The summed E-state index contributed by atoms with van der Waals surface area (Å²) in [6.45, 7) is 1.87. The summed E-state index contributed by atoms with van der Waals surface area (Å²) in [6.07, 6.45) is 2.46. The Bertz CT molecular complexity index is 1110. The number of halogens is 2. The first-order valence-electron chi connectivity index (χ1n) is 9.55. The third-order valence-electron chi connectivity index (χ3n) is 5.12. The molecule has 154 valence electrons. The van der Waals surface area contributed by atoms with E-state index in [-0.39, 0.29) is 17.7 Å². The molecule has 1 unspecified atom stereocenters. The van der Waals surface area contributed by atoms with Crippen molar-refractivity contribution in [1.82, 2.24) is 4.98 Å². The van der Waals surface area contributed by atoms with Crippen LogP contribution in [0.15, 0.2) is 42.5 Å². The van der Waals surface area contributed by atoms with Crippen molar-refractivity contribution < 1.29 is 9.59 Å². The quantitative estimate of drug-likeness (QED) is 0.497. The molecule has 1 aliphatic carbocycles. The van der Waals surface area contributed by atoms with Gasteiger partial charge in [-0.1, -0.05) is 29.3 Å². The standard InChI is InChI=1S/C22H19Cl2N3O2S/c1-12-16(24)5-3-6-17(12)25-21(29)15-4-2-7-18-19(15)26-22(30-18)27-20(28)13-8-10-14(23)11-9-13/h3,5-6,8-11,15H,2,4,7H2,1H3,(H,25,29)(H,26,27,28). The lowest BCUT2D eigenvalue weighted by atomic mass is 9.90. The molecule has 0 saturated heterocycles. The molecule has 0 saturated carbocycles. The Morgan fingerprint density at radius 1 is 1.10 bits per heavy atom. The zero-order valence-corrected chi connectivity index (χ0v) is 18.5. The number of hydrogen-bond acceptors (Lipinski definition) is 4. The van der Waals surface area contributed by atoms with Gasteiger partial charge in [-0.2, -0.15) is 0 Å². The molecule has 2 aromatic carbocycles. The van der Waals surface area contributed by atoms with Gasteiger partial charge in [-0.15, -0.1) is 11.3 Å². The SMILES string of the molecule is Cc1c(Cl)cccc1NC(=O)C1CCCc2sc(NC(=O)c3ccc(Cl)cc3)nc21. The topological polar surface area (TPSA) is 71.1 Å². The van der Waals surface area contributed by atoms with Gasteiger partial charge in [0.15, 0.2) is 5.13 Å². The van der Waals surface area contributed by atoms with E-state index in [1.807, 2.05) is 19.1 Å². The Morgan fingerprint density at radius 3 is 2.63 bits per heavy atom. The monoisotopic (exact) mass is 459 g/mol. The number of fused-ring (bicyclic) bond motifs is 1. The molecule has 1 heterocycles. The van der Waals surface area contributed by atoms with Crippen molar-refractivity contribution in [1.29, 1.82) is 0 Å². The first kappa shape index (κ1) is 20.8. The molecule has 1 aromatic heterocycles. The predicted molar refractivity (Wildman–Crippen MR) is 122 cm³/mol. The minimum absolute atomic E-state index is 0.109. The van der Waals surface area contributed by atoms with E-state index in [1.54, 1.807) is 30.3 Å². The summed E-state index contributed by atoms with van der Waals surface area (Å²) in [5, 5.41) is 7.50. The number of benzene rings is 2. The summed E-state index contributed by atoms with van der Waals surface area (Å²) >= 11 is 13.5. The molecule has 2 amide bonds. The first-order chi connectivity index (χ1) is 14.4. The molecule has 30 heavy (non-hydrogen) atoms. The van der Waals surface area contributed by atoms with E-state index in [0.29, 0.717) is 32.8 Å². The smallest absolute Gasteiger partial charge is 0.257 e. The highest BCUT2D eigenvalue weighted by atomic mass is 35.5. The van der Waals surface area contributed by atoms with Crippen LogP contribution in [0.5, 0.6) is 0 Å². The molecule has 1 aliphatic rings. The van der Waals surface area contributed by atoms with Crippen LogP contribution in [-0.4, -0.2) is 16.8 Å². The number of nitrogens with zero attached hydrogens (tertiary/aromatic N) is 1. The van der Waals surface area contributed by atoms with E-state index in [0.717, 1.165) is 29.0 Å². The van der Waals surface area contributed by atoms with Crippen molar-refractivity contribution >= 4 is 57.2 Å². The highest BCUT2D eigenvalue weighted by Gasteiger charge is 2.31. The zero-order valence-electron chi connectivity index (χ0n) is 16.2. The molecule has 5 nitrogen and oxygen atoms in total. The molecule has 0 aliphatic heterocycles. The van der Waals surface area contributed by atoms with Crippen LogP contribution in [0.4, 0.5) is 10.8 Å². The molecular weight excluding hydrogens is 441 g/mol. The van der Waals surface area contributed by atoms with Gasteiger partial charge >= 0.3 is 0 Å². The van der Waals surface area contributed by atoms with E-state index < -0.39 is 0 Å². The minimum atomic E-state index is -0.357. The first-order valence-corrected chi connectivity index (χ1v) is 11.1. The largest absolute Gasteiger partial charge is 0.325 e. The number of thiazole rings is 1. The predicted octanol–water partition coefficient (Wildman–Crippen LogP) is 6.07. The molecular formula is C22H19Cl2N3O2S. The van der Waals surface area contributed by atoms with Crippen molar-refractivity contribution in [2.24, 2.45) is 0 Å². The summed E-state index contributed by atoms with van der Waals surface area (Å²) in [7, 11) is 0. The summed E-state index contributed by atoms with van der Waals surface area (Å²) in [5.74, 6) is -0.722. The van der Waals surface area contributed by atoms with Crippen molar-refractivity contribution in [3.05, 3.63) is 74.2 Å². The van der Waals surface area contributed by atoms with E-state index in [9.17, 15) is 9.59 Å². The van der Waals surface area contributed by atoms with Crippen molar-refractivity contribution in [3.8, 4) is 0 Å². The normalized spacial score (nSPS) is 15.4. The second-order valence-corrected chi connectivity index (χ2v) is 9.06. The highest BCUT2D eigenvalue weighted by molar-refractivity contribution is 7.16. The van der Waals surface area contributed by atoms with Gasteiger partial charge in [0.05, 0.1) is 11.6 Å². The average Bonchev–Trinajstić information content (AvgIpc) is 3.14. The lowest BCUT2D eigenvalue weighted by Crippen LogP contribution is -2.25. The maximum absolute atomic E-state index is 13.0. The molecule has 0 fully saturated rings. The van der Waals surface area contributed by atoms with Gasteiger partial charge in [0.25, 0.3) is 5.91 Å². The van der Waals surface area contributed by atoms with Gasteiger partial charge in [0.1, 0.15) is 0 Å². The number of carbonyl (C=O) groups excluding carboxylic acids is 2. The highest BCUT2D eigenvalue weighted by Crippen LogP contribution is 2.38. The van der Waals surface area contributed by atoms with Crippen molar-refractivity contribution in [2.45, 2.75) is 32.1 Å². The number of aromatic nitrogens is 1. The second-order valence-electron chi connectivity index (χ2n) is 7.13. The third kappa shape index (κ3) is 4.36. The van der Waals surface area contributed by atoms with Crippen LogP contribution in [0, 0.1) is 6.92 Å². The molecule has 4 rings (SSSR count). The van der Waals surface area contributed by atoms with Gasteiger partial charge < -0.3 is 5.32 Å². The Hall–Kier alpha value is -2.41. The number of carbonyl (C=O) groups is 2. The van der Waals surface area contributed by atoms with Crippen LogP contribution >= 0.6 is 34.5 Å². The number of amides is 2. The summed E-state index contributed by atoms with van der Waals surface area (Å²) in [5.41, 5.74) is 2.77. The van der Waals surface area contributed by atoms with Crippen LogP contribution < -0.4 is 10.6 Å². The van der Waals surface area contributed by atoms with Crippen LogP contribution in [0.25, 0.3) is 0 Å². The van der Waals surface area contributed by atoms with Gasteiger partial charge in [-0.05, 0) is 68.1 Å². The van der Waals surface area contributed by atoms with E-state index >= 15 is 0 Å². The van der Waals surface area contributed by atoms with Crippen LogP contribution in [0.1, 0.15) is 45.3 Å². The molecule has 2 N–H and O–H groups in total. The Labute approximate surface area is 188 Å². The van der Waals surface area contributed by atoms with Gasteiger partial charge in [0.2, 0.25) is 5.91 Å². The molecule has 3 aromatic rings. The van der Waals surface area contributed by atoms with E-state index in [2.05, 4.69) is 15.6 Å². The Kier molecular flexibility index (Phi) is 6.09. The van der Waals surface area contributed by atoms with Crippen LogP contribution in [0.3, 0.4) is 0 Å². The molecule has 0 spiro atoms. The number of nitrogens with one attached hydrogen (secondary N) is 2. The van der Waals surface area contributed by atoms with E-state index in [4.69, 9.17) is 23.2 Å². The maximum atomic E-state index is 13.0. The lowest BCUT2D eigenvalue weighted by Gasteiger charge is -2.21. The zero-order chi connectivity index (χ0) is 21.3. The second kappa shape index (κ2) is 8.76. The van der Waals surface area contributed by atoms with Gasteiger partial charge in [-0.25, -0.2) is 4.98 Å². The number of rotatable bonds is 4. The van der Waals surface area contributed by atoms with Crippen molar-refractivity contribution in [2.75, 3.05) is 10.6 Å². The Morgan fingerprint density at radius 2 is 1.87 bits per heavy atom. The maximum Gasteiger partial charge on any atom is 0.257 e. The van der Waals surface area contributed by atoms with Crippen molar-refractivity contribution in [3.63, 3.8) is 0 Å². The summed E-state index contributed by atoms with van der Waals surface area (Å²) in [6, 6.07) is 12.1. The number of anilines is 2. The minimum Gasteiger partial charge on any atom is -0.325 e. The lowest BCUT2D eigenvalue weighted by molar-refractivity contribution is -0.117. The summed E-state index contributed by atoms with van der Waals surface area (Å²) in [4.78, 5) is 31.1. The average molecular weight is 460 g/mol. The fourth-order valence-electron chi connectivity index (χ4n) is 3.46. The number of aryl methyl sites for hydroxylation is 1.